The molecule has 0 atom stereocenters. The van der Waals surface area contributed by atoms with E-state index in [9.17, 15) is 4.79 Å². The van der Waals surface area contributed by atoms with E-state index in [1.54, 1.807) is 7.11 Å². The number of carbonyl (C=O) groups is 1. The minimum Gasteiger partial charge on any atom is -0.380 e. The number of carbonyl (C=O) groups excluding carboxylic acids is 1. The van der Waals surface area contributed by atoms with E-state index in [1.165, 1.54) is 16.8 Å². The Hall–Kier alpha value is -1.59. The van der Waals surface area contributed by atoms with E-state index in [0.29, 0.717) is 13.2 Å². The smallest absolute Gasteiger partial charge is 0.231 e. The standard InChI is InChI=1S/C15H23N3O2/c1-12-9-13(11-20-2)3-4-14(12)18-7-5-17(6-8-18)10-15(16)19/h3-4,9H,5-8,10-11H2,1-2H3,(H2,16,19). The topological polar surface area (TPSA) is 58.8 Å². The summed E-state index contributed by atoms with van der Waals surface area (Å²) in [6, 6.07) is 6.45. The third kappa shape index (κ3) is 3.71. The van der Waals surface area contributed by atoms with Crippen molar-refractivity contribution in [2.75, 3.05) is 44.7 Å². The fourth-order valence-corrected chi connectivity index (χ4v) is 2.70. The zero-order chi connectivity index (χ0) is 14.5. The molecular weight excluding hydrogens is 254 g/mol. The highest BCUT2D eigenvalue weighted by Crippen LogP contribution is 2.23. The quantitative estimate of drug-likeness (QED) is 0.863. The fourth-order valence-electron chi connectivity index (χ4n) is 2.70. The molecule has 1 heterocycles. The van der Waals surface area contributed by atoms with Crippen LogP contribution in [0.4, 0.5) is 5.69 Å². The molecule has 1 saturated heterocycles. The summed E-state index contributed by atoms with van der Waals surface area (Å²) < 4.78 is 5.16. The molecule has 2 rings (SSSR count). The van der Waals surface area contributed by atoms with Crippen molar-refractivity contribution in [2.45, 2.75) is 13.5 Å². The van der Waals surface area contributed by atoms with Gasteiger partial charge in [0.25, 0.3) is 0 Å². The summed E-state index contributed by atoms with van der Waals surface area (Å²) in [4.78, 5) is 15.4. The van der Waals surface area contributed by atoms with Crippen LogP contribution >= 0.6 is 0 Å². The average Bonchev–Trinajstić information content (AvgIpc) is 2.40. The Bertz CT molecular complexity index is 468. The first-order valence-electron chi connectivity index (χ1n) is 6.94. The van der Waals surface area contributed by atoms with Crippen molar-refractivity contribution in [3.63, 3.8) is 0 Å². The minimum absolute atomic E-state index is 0.251. The highest BCUT2D eigenvalue weighted by Gasteiger charge is 2.19. The number of primary amides is 1. The number of hydrogen-bond acceptors (Lipinski definition) is 4. The largest absolute Gasteiger partial charge is 0.380 e. The third-order valence-electron chi connectivity index (χ3n) is 3.66. The number of anilines is 1. The Morgan fingerprint density at radius 1 is 1.30 bits per heavy atom. The number of benzene rings is 1. The highest BCUT2D eigenvalue weighted by atomic mass is 16.5. The maximum atomic E-state index is 10.9. The monoisotopic (exact) mass is 277 g/mol. The number of methoxy groups -OCH3 is 1. The lowest BCUT2D eigenvalue weighted by molar-refractivity contribution is -0.119. The highest BCUT2D eigenvalue weighted by molar-refractivity contribution is 5.76. The molecular formula is C15H23N3O2. The van der Waals surface area contributed by atoms with Gasteiger partial charge in [0, 0.05) is 39.0 Å². The fraction of sp³-hybridized carbons (Fsp3) is 0.533. The summed E-state index contributed by atoms with van der Waals surface area (Å²) in [6.07, 6.45) is 0. The van der Waals surface area contributed by atoms with E-state index in [-0.39, 0.29) is 5.91 Å². The predicted molar refractivity (Wildman–Crippen MR) is 79.7 cm³/mol. The molecule has 1 aromatic rings. The first-order chi connectivity index (χ1) is 9.60. The van der Waals surface area contributed by atoms with Gasteiger partial charge in [-0.3, -0.25) is 9.69 Å². The van der Waals surface area contributed by atoms with E-state index in [1.807, 2.05) is 0 Å². The van der Waals surface area contributed by atoms with E-state index in [0.717, 1.165) is 26.2 Å². The maximum Gasteiger partial charge on any atom is 0.231 e. The van der Waals surface area contributed by atoms with Crippen molar-refractivity contribution in [1.82, 2.24) is 4.90 Å². The summed E-state index contributed by atoms with van der Waals surface area (Å²) in [5.41, 5.74) is 8.96. The van der Waals surface area contributed by atoms with Crippen LogP contribution in [0.25, 0.3) is 0 Å². The number of amides is 1. The van der Waals surface area contributed by atoms with Crippen molar-refractivity contribution in [2.24, 2.45) is 5.73 Å². The van der Waals surface area contributed by atoms with Crippen LogP contribution in [0.1, 0.15) is 11.1 Å². The van der Waals surface area contributed by atoms with Crippen LogP contribution in [0.3, 0.4) is 0 Å². The second-order valence-corrected chi connectivity index (χ2v) is 5.28. The Labute approximate surface area is 120 Å². The van der Waals surface area contributed by atoms with Gasteiger partial charge in [0.1, 0.15) is 0 Å². The zero-order valence-corrected chi connectivity index (χ0v) is 12.3. The molecule has 5 nitrogen and oxygen atoms in total. The van der Waals surface area contributed by atoms with Gasteiger partial charge < -0.3 is 15.4 Å². The summed E-state index contributed by atoms with van der Waals surface area (Å²) in [7, 11) is 1.71. The van der Waals surface area contributed by atoms with Gasteiger partial charge in [0.2, 0.25) is 5.91 Å². The predicted octanol–water partition coefficient (Wildman–Crippen LogP) is 0.749. The zero-order valence-electron chi connectivity index (χ0n) is 12.3. The molecule has 0 bridgehead atoms. The maximum absolute atomic E-state index is 10.9. The number of nitrogens with two attached hydrogens (primary N) is 1. The average molecular weight is 277 g/mol. The molecule has 0 spiro atoms. The Morgan fingerprint density at radius 2 is 2.00 bits per heavy atom. The van der Waals surface area contributed by atoms with Crippen molar-refractivity contribution in [3.8, 4) is 0 Å². The summed E-state index contributed by atoms with van der Waals surface area (Å²) in [5.74, 6) is -0.251. The molecule has 5 heteroatoms. The molecule has 1 fully saturated rings. The number of piperazine rings is 1. The van der Waals surface area contributed by atoms with Gasteiger partial charge in [0.15, 0.2) is 0 Å². The molecule has 0 saturated carbocycles. The number of ether oxygens (including phenoxy) is 1. The first-order valence-corrected chi connectivity index (χ1v) is 6.94. The van der Waals surface area contributed by atoms with Crippen LogP contribution in [0.15, 0.2) is 18.2 Å². The van der Waals surface area contributed by atoms with Gasteiger partial charge in [0.05, 0.1) is 13.2 Å². The van der Waals surface area contributed by atoms with Crippen LogP contribution < -0.4 is 10.6 Å². The number of nitrogens with zero attached hydrogens (tertiary/aromatic N) is 2. The lowest BCUT2D eigenvalue weighted by Crippen LogP contribution is -2.49. The molecule has 2 N–H and O–H groups in total. The molecule has 0 aromatic heterocycles. The van der Waals surface area contributed by atoms with Crippen LogP contribution in [-0.2, 0) is 16.1 Å². The molecule has 110 valence electrons. The molecule has 1 aromatic carbocycles. The first kappa shape index (κ1) is 14.8. The number of rotatable bonds is 5. The third-order valence-corrected chi connectivity index (χ3v) is 3.66. The Morgan fingerprint density at radius 3 is 2.55 bits per heavy atom. The van der Waals surface area contributed by atoms with E-state index in [4.69, 9.17) is 10.5 Å². The van der Waals surface area contributed by atoms with Gasteiger partial charge in [-0.2, -0.15) is 0 Å². The molecule has 1 amide bonds. The van der Waals surface area contributed by atoms with Crippen molar-refractivity contribution in [1.29, 1.82) is 0 Å². The molecule has 0 unspecified atom stereocenters. The normalized spacial score (nSPS) is 16.4. The Kier molecular flexibility index (Phi) is 4.98. The second-order valence-electron chi connectivity index (χ2n) is 5.28. The van der Waals surface area contributed by atoms with Gasteiger partial charge in [-0.25, -0.2) is 0 Å². The van der Waals surface area contributed by atoms with Crippen molar-refractivity contribution < 1.29 is 9.53 Å². The lowest BCUT2D eigenvalue weighted by atomic mass is 10.1. The summed E-state index contributed by atoms with van der Waals surface area (Å²) in [6.45, 7) is 6.75. The van der Waals surface area contributed by atoms with Crippen LogP contribution in [0, 0.1) is 6.92 Å². The van der Waals surface area contributed by atoms with E-state index < -0.39 is 0 Å². The molecule has 1 aliphatic rings. The van der Waals surface area contributed by atoms with Crippen LogP contribution in [0.2, 0.25) is 0 Å². The molecule has 0 radical (unpaired) electrons. The lowest BCUT2D eigenvalue weighted by Gasteiger charge is -2.36. The minimum atomic E-state index is -0.251. The van der Waals surface area contributed by atoms with Crippen molar-refractivity contribution in [3.05, 3.63) is 29.3 Å². The molecule has 0 aliphatic carbocycles. The number of hydrogen-bond donors (Lipinski definition) is 1. The van der Waals surface area contributed by atoms with Gasteiger partial charge >= 0.3 is 0 Å². The summed E-state index contributed by atoms with van der Waals surface area (Å²) in [5, 5.41) is 0. The second kappa shape index (κ2) is 6.72. The van der Waals surface area contributed by atoms with Crippen LogP contribution in [-0.4, -0.2) is 50.6 Å². The van der Waals surface area contributed by atoms with Gasteiger partial charge in [-0.1, -0.05) is 12.1 Å². The molecule has 20 heavy (non-hydrogen) atoms. The van der Waals surface area contributed by atoms with E-state index in [2.05, 4.69) is 34.9 Å². The van der Waals surface area contributed by atoms with Gasteiger partial charge in [-0.05, 0) is 24.1 Å². The van der Waals surface area contributed by atoms with Crippen molar-refractivity contribution >= 4 is 11.6 Å². The van der Waals surface area contributed by atoms with Crippen LogP contribution in [0.5, 0.6) is 0 Å². The van der Waals surface area contributed by atoms with E-state index >= 15 is 0 Å². The SMILES string of the molecule is COCc1ccc(N2CCN(CC(N)=O)CC2)c(C)c1. The summed E-state index contributed by atoms with van der Waals surface area (Å²) >= 11 is 0. The Balaban J connectivity index is 1.98. The number of aryl methyl sites for hydroxylation is 1. The van der Waals surface area contributed by atoms with Gasteiger partial charge in [-0.15, -0.1) is 0 Å². The molecule has 1 aliphatic heterocycles.